The number of carbonyl (C=O) groups is 1. The number of phenolic OH excluding ortho intramolecular Hbond substituents is 1. The van der Waals surface area contributed by atoms with Gasteiger partial charge in [-0.25, -0.2) is 4.98 Å². The van der Waals surface area contributed by atoms with Crippen molar-refractivity contribution in [3.8, 4) is 17.0 Å². The topological polar surface area (TPSA) is 82.8 Å². The third-order valence-electron chi connectivity index (χ3n) is 6.42. The number of hydrogen-bond donors (Lipinski definition) is 2. The zero-order valence-electron chi connectivity index (χ0n) is 18.9. The van der Waals surface area contributed by atoms with Crippen LogP contribution in [0, 0.1) is 5.92 Å². The average Bonchev–Trinajstić information content (AvgIpc) is 3.24. The molecule has 2 aromatic carbocycles. The number of rotatable bonds is 6. The highest BCUT2D eigenvalue weighted by Gasteiger charge is 2.23. The van der Waals surface area contributed by atoms with Crippen molar-refractivity contribution in [1.29, 1.82) is 0 Å². The summed E-state index contributed by atoms with van der Waals surface area (Å²) in [6.45, 7) is 2.28. The Bertz CT molecular complexity index is 1300. The van der Waals surface area contributed by atoms with Gasteiger partial charge in [-0.2, -0.15) is 9.61 Å². The molecule has 4 aromatic rings. The van der Waals surface area contributed by atoms with E-state index in [1.807, 2.05) is 53.4 Å². The number of para-hydroxylation sites is 1. The Morgan fingerprint density at radius 3 is 2.59 bits per heavy atom. The van der Waals surface area contributed by atoms with Crippen LogP contribution in [0.5, 0.6) is 5.75 Å². The maximum atomic E-state index is 12.7. The summed E-state index contributed by atoms with van der Waals surface area (Å²) in [4.78, 5) is 19.2. The summed E-state index contributed by atoms with van der Waals surface area (Å²) in [5, 5.41) is 18.2. The lowest BCUT2D eigenvalue weighted by Crippen LogP contribution is -2.40. The van der Waals surface area contributed by atoms with Gasteiger partial charge in [-0.1, -0.05) is 42.5 Å². The smallest absolute Gasteiger partial charge is 0.226 e. The van der Waals surface area contributed by atoms with Gasteiger partial charge in [-0.15, -0.1) is 0 Å². The van der Waals surface area contributed by atoms with Crippen LogP contribution in [-0.4, -0.2) is 58.0 Å². The van der Waals surface area contributed by atoms with E-state index in [2.05, 4.69) is 15.4 Å². The fourth-order valence-electron chi connectivity index (χ4n) is 4.45. The van der Waals surface area contributed by atoms with E-state index < -0.39 is 0 Å². The number of likely N-dealkylation sites (tertiary alicyclic amines) is 1. The highest BCUT2D eigenvalue weighted by molar-refractivity contribution is 6.36. The molecule has 0 saturated carbocycles. The third-order valence-corrected chi connectivity index (χ3v) is 6.42. The second kappa shape index (κ2) is 9.59. The molecule has 2 N–H and O–H groups in total. The van der Waals surface area contributed by atoms with E-state index in [1.165, 1.54) is 0 Å². The molecule has 2 radical (unpaired) electrons. The first-order valence-corrected chi connectivity index (χ1v) is 11.6. The van der Waals surface area contributed by atoms with E-state index in [-0.39, 0.29) is 11.7 Å². The maximum absolute atomic E-state index is 12.7. The summed E-state index contributed by atoms with van der Waals surface area (Å²) in [7, 11) is 6.09. The van der Waals surface area contributed by atoms with E-state index in [4.69, 9.17) is 7.85 Å². The van der Waals surface area contributed by atoms with Gasteiger partial charge in [0.25, 0.3) is 0 Å². The van der Waals surface area contributed by atoms with Gasteiger partial charge >= 0.3 is 0 Å². The van der Waals surface area contributed by atoms with Crippen molar-refractivity contribution >= 4 is 30.7 Å². The van der Waals surface area contributed by atoms with Crippen LogP contribution in [0.3, 0.4) is 0 Å². The van der Waals surface area contributed by atoms with Crippen LogP contribution in [0.4, 0.5) is 5.82 Å². The number of hydrogen-bond acceptors (Lipinski definition) is 5. The van der Waals surface area contributed by atoms with Crippen molar-refractivity contribution in [2.45, 2.75) is 19.3 Å². The Balaban J connectivity index is 1.25. The molecule has 1 aliphatic rings. The molecule has 170 valence electrons. The number of amides is 1. The molecule has 0 atom stereocenters. The fraction of sp³-hybridized carbons (Fsp3) is 0.269. The number of piperidine rings is 1. The predicted molar refractivity (Wildman–Crippen MR) is 133 cm³/mol. The molecule has 8 heteroatoms. The lowest BCUT2D eigenvalue weighted by molar-refractivity contribution is -0.131. The Morgan fingerprint density at radius 1 is 1.09 bits per heavy atom. The summed E-state index contributed by atoms with van der Waals surface area (Å²) >= 11 is 0. The molecule has 0 spiro atoms. The number of nitrogens with zero attached hydrogens (tertiary/aromatic N) is 4. The number of benzene rings is 2. The van der Waals surface area contributed by atoms with Crippen LogP contribution in [0.15, 0.2) is 66.9 Å². The summed E-state index contributed by atoms with van der Waals surface area (Å²) in [6, 6.07) is 18.9. The number of phenols is 1. The third kappa shape index (κ3) is 4.62. The lowest BCUT2D eigenvalue weighted by Gasteiger charge is -2.32. The zero-order valence-corrected chi connectivity index (χ0v) is 18.9. The van der Waals surface area contributed by atoms with Gasteiger partial charge in [0.15, 0.2) is 5.65 Å². The molecule has 1 aliphatic heterocycles. The molecule has 3 heterocycles. The second-order valence-corrected chi connectivity index (χ2v) is 8.75. The first-order chi connectivity index (χ1) is 16.6. The number of fused-ring (bicyclic) bond motifs is 1. The van der Waals surface area contributed by atoms with Crippen molar-refractivity contribution in [3.05, 3.63) is 72.4 Å². The first kappa shape index (κ1) is 22.0. The molecular weight excluding hydrogens is 425 g/mol. The highest BCUT2D eigenvalue weighted by Crippen LogP contribution is 2.29. The normalized spacial score (nSPS) is 14.4. The van der Waals surface area contributed by atoms with Gasteiger partial charge in [0, 0.05) is 37.5 Å². The molecule has 1 saturated heterocycles. The lowest BCUT2D eigenvalue weighted by atomic mass is 9.96. The van der Waals surface area contributed by atoms with E-state index in [0.29, 0.717) is 34.7 Å². The average molecular weight is 451 g/mol. The Kier molecular flexibility index (Phi) is 6.21. The van der Waals surface area contributed by atoms with Crippen molar-refractivity contribution in [2.24, 2.45) is 5.92 Å². The van der Waals surface area contributed by atoms with Gasteiger partial charge in [0.2, 0.25) is 5.91 Å². The number of carbonyl (C=O) groups excluding carboxylic acids is 1. The Labute approximate surface area is 199 Å². The van der Waals surface area contributed by atoms with E-state index in [9.17, 15) is 9.90 Å². The predicted octanol–water partition coefficient (Wildman–Crippen LogP) is 2.79. The van der Waals surface area contributed by atoms with Crippen LogP contribution in [0.1, 0.15) is 18.4 Å². The largest absolute Gasteiger partial charge is 0.507 e. The van der Waals surface area contributed by atoms with Crippen molar-refractivity contribution < 1.29 is 9.90 Å². The van der Waals surface area contributed by atoms with Crippen LogP contribution in [-0.2, 0) is 11.2 Å². The van der Waals surface area contributed by atoms with Gasteiger partial charge in [0.1, 0.15) is 19.4 Å². The van der Waals surface area contributed by atoms with Crippen molar-refractivity contribution in [3.63, 3.8) is 0 Å². The summed E-state index contributed by atoms with van der Waals surface area (Å²) in [5.41, 5.74) is 3.34. The molecule has 2 aromatic heterocycles. The molecule has 0 bridgehead atoms. The van der Waals surface area contributed by atoms with Crippen LogP contribution < -0.4 is 10.8 Å². The SMILES string of the molecule is [B]c1cnn2c(NCC3CCN(C(=O)Cc4ccccc4)CC3)cc(-c3ccccc3O)nc12. The Hall–Kier alpha value is -3.81. The van der Waals surface area contributed by atoms with Gasteiger partial charge in [-0.3, -0.25) is 4.79 Å². The molecule has 0 aliphatic carbocycles. The maximum Gasteiger partial charge on any atom is 0.226 e. The van der Waals surface area contributed by atoms with Crippen LogP contribution >= 0.6 is 0 Å². The molecule has 7 nitrogen and oxygen atoms in total. The number of aromatic nitrogens is 3. The molecule has 1 fully saturated rings. The Morgan fingerprint density at radius 2 is 1.82 bits per heavy atom. The van der Waals surface area contributed by atoms with E-state index >= 15 is 0 Å². The standard InChI is InChI=1S/C26H26BN5O2/c27-21-17-29-32-24(15-22(30-26(21)32)20-8-4-5-9-23(20)33)28-16-19-10-12-31(13-11-19)25(34)14-18-6-2-1-3-7-18/h1-9,15,17,19,28,33H,10-14,16H2. The van der Waals surface area contributed by atoms with Crippen molar-refractivity contribution in [1.82, 2.24) is 19.5 Å². The number of aromatic hydroxyl groups is 1. The van der Waals surface area contributed by atoms with E-state index in [1.54, 1.807) is 22.8 Å². The van der Waals surface area contributed by atoms with Crippen LogP contribution in [0.25, 0.3) is 16.9 Å². The first-order valence-electron chi connectivity index (χ1n) is 11.6. The monoisotopic (exact) mass is 451 g/mol. The minimum Gasteiger partial charge on any atom is -0.507 e. The fourth-order valence-corrected chi connectivity index (χ4v) is 4.45. The molecule has 5 rings (SSSR count). The number of nitrogens with one attached hydrogen (secondary N) is 1. The molecule has 34 heavy (non-hydrogen) atoms. The second-order valence-electron chi connectivity index (χ2n) is 8.75. The van der Waals surface area contributed by atoms with Gasteiger partial charge in [0.05, 0.1) is 12.1 Å². The highest BCUT2D eigenvalue weighted by atomic mass is 16.3. The van der Waals surface area contributed by atoms with Gasteiger partial charge in [-0.05, 0) is 41.9 Å². The van der Waals surface area contributed by atoms with Crippen LogP contribution in [0.2, 0.25) is 0 Å². The van der Waals surface area contributed by atoms with E-state index in [0.717, 1.165) is 43.9 Å². The summed E-state index contributed by atoms with van der Waals surface area (Å²) < 4.78 is 1.69. The minimum atomic E-state index is 0.163. The number of anilines is 1. The quantitative estimate of drug-likeness (QED) is 0.441. The minimum absolute atomic E-state index is 0.163. The summed E-state index contributed by atoms with van der Waals surface area (Å²) in [5.74, 6) is 1.55. The molecule has 1 amide bonds. The molecular formula is C26H26BN5O2. The summed E-state index contributed by atoms with van der Waals surface area (Å²) in [6.07, 6.45) is 3.91. The van der Waals surface area contributed by atoms with Gasteiger partial charge < -0.3 is 15.3 Å². The molecule has 0 unspecified atom stereocenters. The van der Waals surface area contributed by atoms with Crippen molar-refractivity contribution in [2.75, 3.05) is 25.0 Å². The zero-order chi connectivity index (χ0) is 23.5.